The van der Waals surface area contributed by atoms with Crippen molar-refractivity contribution in [2.45, 2.75) is 25.3 Å². The molecule has 14 heavy (non-hydrogen) atoms. The Balaban J connectivity index is 2.10. The average molecular weight is 194 g/mol. The maximum atomic E-state index is 11.5. The molecule has 4 nitrogen and oxygen atoms in total. The second kappa shape index (κ2) is 3.44. The van der Waals surface area contributed by atoms with Crippen molar-refractivity contribution in [3.8, 4) is 0 Å². The van der Waals surface area contributed by atoms with Gasteiger partial charge in [0, 0.05) is 6.04 Å². The predicted molar refractivity (Wildman–Crippen MR) is 51.5 cm³/mol. The van der Waals surface area contributed by atoms with E-state index in [0.29, 0.717) is 5.92 Å². The number of imide groups is 1. The third kappa shape index (κ3) is 1.52. The van der Waals surface area contributed by atoms with E-state index in [9.17, 15) is 9.59 Å². The molecule has 1 aliphatic carbocycles. The summed E-state index contributed by atoms with van der Waals surface area (Å²) in [5.74, 6) is 0.215. The van der Waals surface area contributed by atoms with Crippen LogP contribution in [0.4, 0.5) is 4.79 Å². The van der Waals surface area contributed by atoms with Crippen LogP contribution in [-0.4, -0.2) is 18.0 Å². The van der Waals surface area contributed by atoms with E-state index < -0.39 is 0 Å². The summed E-state index contributed by atoms with van der Waals surface area (Å²) in [6.45, 7) is 3.74. The van der Waals surface area contributed by atoms with Crippen molar-refractivity contribution < 1.29 is 9.59 Å². The first-order valence-electron chi connectivity index (χ1n) is 4.94. The Kier molecular flexibility index (Phi) is 2.27. The van der Waals surface area contributed by atoms with E-state index in [1.165, 1.54) is 0 Å². The Hall–Kier alpha value is -1.32. The Morgan fingerprint density at radius 2 is 2.14 bits per heavy atom. The molecule has 2 aliphatic rings. The van der Waals surface area contributed by atoms with E-state index in [1.54, 1.807) is 0 Å². The van der Waals surface area contributed by atoms with Crippen LogP contribution in [0.15, 0.2) is 12.7 Å². The van der Waals surface area contributed by atoms with Crippen molar-refractivity contribution >= 4 is 11.9 Å². The van der Waals surface area contributed by atoms with Crippen LogP contribution in [0.3, 0.4) is 0 Å². The quantitative estimate of drug-likeness (QED) is 0.606. The minimum Gasteiger partial charge on any atom is -0.334 e. The van der Waals surface area contributed by atoms with Gasteiger partial charge in [-0.1, -0.05) is 6.08 Å². The molecule has 2 N–H and O–H groups in total. The van der Waals surface area contributed by atoms with Gasteiger partial charge in [-0.25, -0.2) is 4.79 Å². The summed E-state index contributed by atoms with van der Waals surface area (Å²) in [6.07, 6.45) is 4.60. The van der Waals surface area contributed by atoms with Crippen LogP contribution in [0.5, 0.6) is 0 Å². The van der Waals surface area contributed by atoms with Crippen molar-refractivity contribution in [3.05, 3.63) is 12.7 Å². The molecule has 0 aromatic heterocycles. The van der Waals surface area contributed by atoms with Gasteiger partial charge in [-0.3, -0.25) is 10.1 Å². The molecule has 1 saturated heterocycles. The first-order valence-corrected chi connectivity index (χ1v) is 4.94. The SMILES string of the molecule is C=C[C@@H]1CCC2NC(=O)NC(=O)[C@H]2C1. The topological polar surface area (TPSA) is 58.2 Å². The zero-order valence-corrected chi connectivity index (χ0v) is 7.95. The Bertz CT molecular complexity index is 288. The van der Waals surface area contributed by atoms with E-state index in [1.807, 2.05) is 6.08 Å². The number of urea groups is 1. The highest BCUT2D eigenvalue weighted by Crippen LogP contribution is 2.31. The summed E-state index contributed by atoms with van der Waals surface area (Å²) >= 11 is 0. The van der Waals surface area contributed by atoms with E-state index >= 15 is 0 Å². The molecule has 0 aromatic carbocycles. The van der Waals surface area contributed by atoms with Gasteiger partial charge in [0.05, 0.1) is 5.92 Å². The monoisotopic (exact) mass is 194 g/mol. The minimum absolute atomic E-state index is 0.0347. The molecular weight excluding hydrogens is 180 g/mol. The summed E-state index contributed by atoms with van der Waals surface area (Å²) < 4.78 is 0. The van der Waals surface area contributed by atoms with Gasteiger partial charge in [-0.15, -0.1) is 6.58 Å². The summed E-state index contributed by atoms with van der Waals surface area (Å²) in [4.78, 5) is 22.5. The van der Waals surface area contributed by atoms with Gasteiger partial charge in [0.15, 0.2) is 0 Å². The minimum atomic E-state index is -0.353. The molecule has 1 aliphatic heterocycles. The first kappa shape index (κ1) is 9.24. The van der Waals surface area contributed by atoms with Crippen molar-refractivity contribution in [1.29, 1.82) is 0 Å². The fourth-order valence-electron chi connectivity index (χ4n) is 2.29. The first-order chi connectivity index (χ1) is 6.70. The maximum absolute atomic E-state index is 11.5. The van der Waals surface area contributed by atoms with Crippen molar-refractivity contribution in [1.82, 2.24) is 10.6 Å². The lowest BCUT2D eigenvalue weighted by molar-refractivity contribution is -0.127. The van der Waals surface area contributed by atoms with E-state index in [4.69, 9.17) is 0 Å². The zero-order chi connectivity index (χ0) is 10.1. The highest BCUT2D eigenvalue weighted by Gasteiger charge is 2.39. The van der Waals surface area contributed by atoms with Gasteiger partial charge >= 0.3 is 6.03 Å². The normalized spacial score (nSPS) is 36.7. The van der Waals surface area contributed by atoms with Crippen LogP contribution in [-0.2, 0) is 4.79 Å². The predicted octanol–water partition coefficient (Wildman–Crippen LogP) is 0.797. The standard InChI is InChI=1S/C10H14N2O2/c1-2-6-3-4-8-7(5-6)9(13)12-10(14)11-8/h2,6-8H,1,3-5H2,(H2,11,12,13,14)/t6-,7+,8?/m1/s1. The number of carbonyl (C=O) groups excluding carboxylic acids is 2. The lowest BCUT2D eigenvalue weighted by atomic mass is 9.77. The van der Waals surface area contributed by atoms with Crippen molar-refractivity contribution in [2.24, 2.45) is 11.8 Å². The van der Waals surface area contributed by atoms with Crippen LogP contribution < -0.4 is 10.6 Å². The molecule has 1 heterocycles. The van der Waals surface area contributed by atoms with Crippen LogP contribution in [0.2, 0.25) is 0 Å². The van der Waals surface area contributed by atoms with Crippen LogP contribution in [0.25, 0.3) is 0 Å². The summed E-state index contributed by atoms with van der Waals surface area (Å²) in [5.41, 5.74) is 0. The maximum Gasteiger partial charge on any atom is 0.321 e. The zero-order valence-electron chi connectivity index (χ0n) is 7.95. The molecular formula is C10H14N2O2. The Labute approximate surface area is 82.7 Å². The molecule has 3 amide bonds. The molecule has 1 saturated carbocycles. The van der Waals surface area contributed by atoms with Gasteiger partial charge in [0.1, 0.15) is 0 Å². The third-order valence-corrected chi connectivity index (χ3v) is 3.11. The van der Waals surface area contributed by atoms with Gasteiger partial charge in [0.2, 0.25) is 5.91 Å². The number of rotatable bonds is 1. The number of hydrogen-bond donors (Lipinski definition) is 2. The fourth-order valence-corrected chi connectivity index (χ4v) is 2.29. The summed E-state index contributed by atoms with van der Waals surface area (Å²) in [7, 11) is 0. The van der Waals surface area contributed by atoms with Gasteiger partial charge in [0.25, 0.3) is 0 Å². The van der Waals surface area contributed by atoms with Crippen LogP contribution >= 0.6 is 0 Å². The smallest absolute Gasteiger partial charge is 0.321 e. The molecule has 0 aromatic rings. The third-order valence-electron chi connectivity index (χ3n) is 3.11. The van der Waals surface area contributed by atoms with Crippen LogP contribution in [0, 0.1) is 11.8 Å². The van der Waals surface area contributed by atoms with E-state index in [0.717, 1.165) is 19.3 Å². The molecule has 2 rings (SSSR count). The Morgan fingerprint density at radius 3 is 2.86 bits per heavy atom. The second-order valence-corrected chi connectivity index (χ2v) is 3.98. The molecule has 4 heteroatoms. The lowest BCUT2D eigenvalue weighted by Crippen LogP contribution is -2.59. The highest BCUT2D eigenvalue weighted by molar-refractivity contribution is 5.98. The second-order valence-electron chi connectivity index (χ2n) is 3.98. The summed E-state index contributed by atoms with van der Waals surface area (Å²) in [6, 6.07) is -0.319. The molecule has 1 unspecified atom stereocenters. The molecule has 76 valence electrons. The van der Waals surface area contributed by atoms with E-state index in [-0.39, 0.29) is 23.9 Å². The Morgan fingerprint density at radius 1 is 1.36 bits per heavy atom. The molecule has 0 radical (unpaired) electrons. The number of nitrogens with one attached hydrogen (secondary N) is 2. The highest BCUT2D eigenvalue weighted by atomic mass is 16.2. The van der Waals surface area contributed by atoms with Crippen molar-refractivity contribution in [3.63, 3.8) is 0 Å². The van der Waals surface area contributed by atoms with Gasteiger partial charge in [-0.2, -0.15) is 0 Å². The number of carbonyl (C=O) groups is 2. The van der Waals surface area contributed by atoms with Gasteiger partial charge in [-0.05, 0) is 25.2 Å². The fraction of sp³-hybridized carbons (Fsp3) is 0.600. The lowest BCUT2D eigenvalue weighted by Gasteiger charge is -2.37. The van der Waals surface area contributed by atoms with E-state index in [2.05, 4.69) is 17.2 Å². The molecule has 0 bridgehead atoms. The molecule has 2 fully saturated rings. The molecule has 0 spiro atoms. The number of amides is 3. The summed E-state index contributed by atoms with van der Waals surface area (Å²) in [5, 5.41) is 5.09. The average Bonchev–Trinajstić information content (AvgIpc) is 2.17. The van der Waals surface area contributed by atoms with Crippen LogP contribution in [0.1, 0.15) is 19.3 Å². The van der Waals surface area contributed by atoms with Gasteiger partial charge < -0.3 is 5.32 Å². The number of allylic oxidation sites excluding steroid dienone is 1. The number of hydrogen-bond acceptors (Lipinski definition) is 2. The largest absolute Gasteiger partial charge is 0.334 e. The van der Waals surface area contributed by atoms with Crippen molar-refractivity contribution in [2.75, 3.05) is 0 Å². The number of fused-ring (bicyclic) bond motifs is 1. The molecule has 3 atom stereocenters.